The molecule has 0 bridgehead atoms. The topological polar surface area (TPSA) is 91.8 Å². The van der Waals surface area contributed by atoms with Crippen LogP contribution in [0.25, 0.3) is 0 Å². The summed E-state index contributed by atoms with van der Waals surface area (Å²) in [5, 5.41) is 8.30. The normalized spacial score (nSPS) is 29.8. The zero-order chi connectivity index (χ0) is 12.6. The molecule has 0 radical (unpaired) electrons. The van der Waals surface area contributed by atoms with Crippen LogP contribution in [-0.4, -0.2) is 62.2 Å². The molecule has 1 saturated heterocycles. The Kier molecular flexibility index (Phi) is 3.99. The molecule has 1 aliphatic heterocycles. The summed E-state index contributed by atoms with van der Waals surface area (Å²) in [5.74, 6) is -0.939. The summed E-state index contributed by atoms with van der Waals surface area (Å²) in [5.41, 5.74) is 0. The molecule has 0 saturated carbocycles. The van der Waals surface area contributed by atoms with Crippen LogP contribution in [0.4, 0.5) is 0 Å². The molecule has 16 heavy (non-hydrogen) atoms. The minimum atomic E-state index is -3.72. The van der Waals surface area contributed by atoms with Crippen molar-refractivity contribution in [2.45, 2.75) is 25.2 Å². The number of hydrogen-bond acceptors (Lipinski definition) is 5. The van der Waals surface area contributed by atoms with Crippen molar-refractivity contribution in [1.82, 2.24) is 4.31 Å². The molecule has 1 rings (SSSR count). The Labute approximate surface area is 96.2 Å². The summed E-state index contributed by atoms with van der Waals surface area (Å²) in [6.45, 7) is 3.91. The molecule has 0 unspecified atom stereocenters. The van der Waals surface area contributed by atoms with Crippen molar-refractivity contribution in [2.24, 2.45) is 0 Å². The highest BCUT2D eigenvalue weighted by Gasteiger charge is 2.46. The molecular formula is C8H17NO5S2. The number of nitrogens with zero attached hydrogens (tertiary/aromatic N) is 1. The van der Waals surface area contributed by atoms with Crippen molar-refractivity contribution in [1.29, 1.82) is 0 Å². The van der Waals surface area contributed by atoms with E-state index in [2.05, 4.69) is 0 Å². The van der Waals surface area contributed by atoms with E-state index in [9.17, 15) is 21.9 Å². The van der Waals surface area contributed by atoms with Crippen molar-refractivity contribution in [3.63, 3.8) is 0 Å². The molecule has 0 spiro atoms. The fourth-order valence-electron chi connectivity index (χ4n) is 1.86. The van der Waals surface area contributed by atoms with E-state index in [0.29, 0.717) is 0 Å². The van der Waals surface area contributed by atoms with Gasteiger partial charge in [0, 0.05) is 13.1 Å². The third kappa shape index (κ3) is 2.55. The lowest BCUT2D eigenvalue weighted by molar-refractivity contribution is 0.201. The monoisotopic (exact) mass is 271 g/mol. The quantitative estimate of drug-likeness (QED) is 0.694. The van der Waals surface area contributed by atoms with Crippen LogP contribution in [0.3, 0.4) is 0 Å². The van der Waals surface area contributed by atoms with Crippen LogP contribution in [0.15, 0.2) is 0 Å². The minimum Gasteiger partial charge on any atom is -0.391 e. The Bertz CT molecular complexity index is 437. The lowest BCUT2D eigenvalue weighted by atomic mass is 10.3. The van der Waals surface area contributed by atoms with Crippen molar-refractivity contribution in [2.75, 3.05) is 24.6 Å². The molecule has 1 N–H and O–H groups in total. The van der Waals surface area contributed by atoms with Crippen LogP contribution >= 0.6 is 0 Å². The Balaban J connectivity index is 3.02. The molecule has 1 fully saturated rings. The molecule has 1 heterocycles. The van der Waals surface area contributed by atoms with Gasteiger partial charge in [-0.15, -0.1) is 0 Å². The first-order chi connectivity index (χ1) is 7.24. The van der Waals surface area contributed by atoms with Crippen molar-refractivity contribution < 1.29 is 21.9 Å². The minimum absolute atomic E-state index is 0.280. The highest BCUT2D eigenvalue weighted by molar-refractivity contribution is 7.95. The largest absolute Gasteiger partial charge is 0.391 e. The van der Waals surface area contributed by atoms with Gasteiger partial charge in [-0.1, -0.05) is 13.8 Å². The third-order valence-corrected chi connectivity index (χ3v) is 7.13. The number of aliphatic hydroxyl groups is 1. The first-order valence-corrected chi connectivity index (χ1v) is 8.44. The zero-order valence-electron chi connectivity index (χ0n) is 9.33. The van der Waals surface area contributed by atoms with E-state index in [4.69, 9.17) is 0 Å². The summed E-state index contributed by atoms with van der Waals surface area (Å²) >= 11 is 0. The van der Waals surface area contributed by atoms with Crippen molar-refractivity contribution >= 4 is 19.9 Å². The molecule has 0 amide bonds. The fourth-order valence-corrected chi connectivity index (χ4v) is 6.50. The Morgan fingerprint density at radius 3 is 2.06 bits per heavy atom. The Morgan fingerprint density at radius 1 is 1.25 bits per heavy atom. The highest BCUT2D eigenvalue weighted by atomic mass is 32.2. The van der Waals surface area contributed by atoms with E-state index in [1.165, 1.54) is 4.31 Å². The number of sulfone groups is 1. The molecule has 0 aliphatic carbocycles. The van der Waals surface area contributed by atoms with Crippen LogP contribution in [0.2, 0.25) is 0 Å². The van der Waals surface area contributed by atoms with E-state index >= 15 is 0 Å². The number of sulfonamides is 1. The highest BCUT2D eigenvalue weighted by Crippen LogP contribution is 2.22. The number of hydrogen-bond donors (Lipinski definition) is 1. The van der Waals surface area contributed by atoms with Gasteiger partial charge in [-0.05, 0) is 0 Å². The van der Waals surface area contributed by atoms with Crippen LogP contribution < -0.4 is 0 Å². The summed E-state index contributed by atoms with van der Waals surface area (Å²) < 4.78 is 47.7. The first-order valence-electron chi connectivity index (χ1n) is 5.12. The van der Waals surface area contributed by atoms with Gasteiger partial charge >= 0.3 is 0 Å². The van der Waals surface area contributed by atoms with Crippen LogP contribution in [-0.2, 0) is 19.9 Å². The van der Waals surface area contributed by atoms with Crippen LogP contribution in [0.1, 0.15) is 13.8 Å². The standard InChI is InChI=1S/C8H17NO5S2/c1-3-9(4-2)16(13,14)8-6-15(11,12)5-7(8)10/h7-8,10H,3-6H2,1-2H3/t7-,8+/m0/s1. The molecule has 0 aromatic heterocycles. The van der Waals surface area contributed by atoms with Gasteiger partial charge < -0.3 is 5.11 Å². The van der Waals surface area contributed by atoms with Gasteiger partial charge in [0.2, 0.25) is 10.0 Å². The Morgan fingerprint density at radius 2 is 1.75 bits per heavy atom. The summed E-state index contributed by atoms with van der Waals surface area (Å²) in [7, 11) is -7.15. The lowest BCUT2D eigenvalue weighted by Gasteiger charge is -2.23. The van der Waals surface area contributed by atoms with Crippen molar-refractivity contribution in [3.8, 4) is 0 Å². The maximum absolute atomic E-state index is 12.0. The van der Waals surface area contributed by atoms with Gasteiger partial charge in [0.15, 0.2) is 9.84 Å². The average Bonchev–Trinajstić information content (AvgIpc) is 2.42. The zero-order valence-corrected chi connectivity index (χ0v) is 11.0. The predicted molar refractivity (Wildman–Crippen MR) is 60.3 cm³/mol. The second kappa shape index (κ2) is 4.59. The molecule has 8 heteroatoms. The summed E-state index contributed by atoms with van der Waals surface area (Å²) in [4.78, 5) is 0. The van der Waals surface area contributed by atoms with E-state index < -0.39 is 42.7 Å². The molecule has 1 aliphatic rings. The molecule has 96 valence electrons. The molecule has 6 nitrogen and oxygen atoms in total. The number of rotatable bonds is 4. The third-order valence-electron chi connectivity index (χ3n) is 2.72. The van der Waals surface area contributed by atoms with Gasteiger partial charge in [-0.2, -0.15) is 0 Å². The summed E-state index contributed by atoms with van der Waals surface area (Å²) in [6.07, 6.45) is -1.31. The first kappa shape index (κ1) is 13.9. The fraction of sp³-hybridized carbons (Fsp3) is 1.00. The van der Waals surface area contributed by atoms with Gasteiger partial charge in [0.05, 0.1) is 17.6 Å². The summed E-state index contributed by atoms with van der Waals surface area (Å²) in [6, 6.07) is 0. The van der Waals surface area contributed by atoms with Crippen LogP contribution in [0.5, 0.6) is 0 Å². The predicted octanol–water partition coefficient (Wildman–Crippen LogP) is -1.18. The van der Waals surface area contributed by atoms with Gasteiger partial charge in [0.1, 0.15) is 5.25 Å². The second-order valence-electron chi connectivity index (χ2n) is 3.81. The maximum atomic E-state index is 12.0. The lowest BCUT2D eigenvalue weighted by Crippen LogP contribution is -2.43. The molecule has 0 aromatic carbocycles. The smallest absolute Gasteiger partial charge is 0.220 e. The number of aliphatic hydroxyl groups excluding tert-OH is 1. The molecule has 2 atom stereocenters. The van der Waals surface area contributed by atoms with Crippen molar-refractivity contribution in [3.05, 3.63) is 0 Å². The Hall–Kier alpha value is -0.180. The van der Waals surface area contributed by atoms with E-state index in [1.807, 2.05) is 0 Å². The van der Waals surface area contributed by atoms with E-state index in [1.54, 1.807) is 13.8 Å². The van der Waals surface area contributed by atoms with Gasteiger partial charge in [-0.25, -0.2) is 21.1 Å². The SMILES string of the molecule is CCN(CC)S(=O)(=O)[C@@H]1CS(=O)(=O)C[C@@H]1O. The average molecular weight is 271 g/mol. The molecule has 0 aromatic rings. The second-order valence-corrected chi connectivity index (χ2v) is 8.12. The van der Waals surface area contributed by atoms with Crippen LogP contribution in [0, 0.1) is 0 Å². The van der Waals surface area contributed by atoms with E-state index in [-0.39, 0.29) is 13.1 Å². The van der Waals surface area contributed by atoms with Gasteiger partial charge in [-0.3, -0.25) is 0 Å². The molecular weight excluding hydrogens is 254 g/mol. The van der Waals surface area contributed by atoms with Gasteiger partial charge in [0.25, 0.3) is 0 Å². The maximum Gasteiger partial charge on any atom is 0.220 e. The van der Waals surface area contributed by atoms with E-state index in [0.717, 1.165) is 0 Å².